The summed E-state index contributed by atoms with van der Waals surface area (Å²) < 4.78 is 2.13. The third-order valence-electron chi connectivity index (χ3n) is 4.04. The van der Waals surface area contributed by atoms with Crippen LogP contribution in [0.15, 0.2) is 6.33 Å². The SMILES string of the molecule is CCn1cnnc1CN1CCC(CNC2CC2)C1. The van der Waals surface area contributed by atoms with E-state index in [0.29, 0.717) is 0 Å². The average molecular weight is 249 g/mol. The van der Waals surface area contributed by atoms with E-state index in [-0.39, 0.29) is 0 Å². The molecule has 1 N–H and O–H groups in total. The smallest absolute Gasteiger partial charge is 0.146 e. The first-order valence-corrected chi connectivity index (χ1v) is 7.17. The normalized spacial score (nSPS) is 24.8. The van der Waals surface area contributed by atoms with Gasteiger partial charge in [-0.3, -0.25) is 4.90 Å². The second kappa shape index (κ2) is 5.36. The molecule has 0 aromatic carbocycles. The summed E-state index contributed by atoms with van der Waals surface area (Å²) in [5.74, 6) is 1.93. The Balaban J connectivity index is 1.46. The van der Waals surface area contributed by atoms with Crippen molar-refractivity contribution >= 4 is 0 Å². The average Bonchev–Trinajstić information content (AvgIpc) is 2.93. The monoisotopic (exact) mass is 249 g/mol. The minimum absolute atomic E-state index is 0.823. The maximum atomic E-state index is 4.22. The Labute approximate surface area is 109 Å². The molecule has 2 heterocycles. The molecule has 100 valence electrons. The summed E-state index contributed by atoms with van der Waals surface area (Å²) in [6.45, 7) is 7.65. The van der Waals surface area contributed by atoms with Gasteiger partial charge in [-0.05, 0) is 45.2 Å². The Morgan fingerprint density at radius 3 is 3.06 bits per heavy atom. The molecule has 1 unspecified atom stereocenters. The molecule has 1 saturated heterocycles. The molecule has 1 aliphatic heterocycles. The van der Waals surface area contributed by atoms with E-state index in [2.05, 4.69) is 31.9 Å². The van der Waals surface area contributed by atoms with Crippen molar-refractivity contribution in [3.05, 3.63) is 12.2 Å². The topological polar surface area (TPSA) is 46.0 Å². The lowest BCUT2D eigenvalue weighted by Gasteiger charge is -2.16. The van der Waals surface area contributed by atoms with Crippen molar-refractivity contribution in [2.24, 2.45) is 5.92 Å². The highest BCUT2D eigenvalue weighted by molar-refractivity contribution is 4.89. The second-order valence-electron chi connectivity index (χ2n) is 5.61. The fraction of sp³-hybridized carbons (Fsp3) is 0.846. The van der Waals surface area contributed by atoms with E-state index < -0.39 is 0 Å². The molecule has 2 aliphatic rings. The summed E-state index contributed by atoms with van der Waals surface area (Å²) >= 11 is 0. The Kier molecular flexibility index (Phi) is 3.61. The minimum Gasteiger partial charge on any atom is -0.317 e. The third kappa shape index (κ3) is 2.90. The van der Waals surface area contributed by atoms with Crippen molar-refractivity contribution in [2.75, 3.05) is 19.6 Å². The van der Waals surface area contributed by atoms with Crippen LogP contribution in [0.25, 0.3) is 0 Å². The Hall–Kier alpha value is -0.940. The summed E-state index contributed by atoms with van der Waals surface area (Å²) in [5, 5.41) is 11.9. The molecule has 0 spiro atoms. The molecule has 5 heteroatoms. The highest BCUT2D eigenvalue weighted by Gasteiger charge is 2.26. The van der Waals surface area contributed by atoms with Crippen LogP contribution in [0.1, 0.15) is 32.0 Å². The van der Waals surface area contributed by atoms with Gasteiger partial charge in [0.15, 0.2) is 0 Å². The summed E-state index contributed by atoms with van der Waals surface area (Å²) in [5.41, 5.74) is 0. The van der Waals surface area contributed by atoms with E-state index in [1.807, 2.05) is 6.33 Å². The van der Waals surface area contributed by atoms with Crippen LogP contribution >= 0.6 is 0 Å². The fourth-order valence-electron chi connectivity index (χ4n) is 2.71. The van der Waals surface area contributed by atoms with Crippen LogP contribution in [-0.2, 0) is 13.1 Å². The first kappa shape index (κ1) is 12.1. The van der Waals surface area contributed by atoms with Crippen LogP contribution in [0.2, 0.25) is 0 Å². The summed E-state index contributed by atoms with van der Waals surface area (Å²) in [7, 11) is 0. The first-order chi connectivity index (χ1) is 8.85. The Morgan fingerprint density at radius 2 is 2.28 bits per heavy atom. The zero-order valence-electron chi connectivity index (χ0n) is 11.2. The van der Waals surface area contributed by atoms with Crippen molar-refractivity contribution in [3.63, 3.8) is 0 Å². The standard InChI is InChI=1S/C13H23N5/c1-2-18-10-15-16-13(18)9-17-6-5-11(8-17)7-14-12-3-4-12/h10-12,14H,2-9H2,1H3. The van der Waals surface area contributed by atoms with Crippen LogP contribution in [0.4, 0.5) is 0 Å². The van der Waals surface area contributed by atoms with Crippen LogP contribution in [0.3, 0.4) is 0 Å². The molecular formula is C13H23N5. The Morgan fingerprint density at radius 1 is 1.39 bits per heavy atom. The van der Waals surface area contributed by atoms with Gasteiger partial charge in [-0.2, -0.15) is 0 Å². The van der Waals surface area contributed by atoms with E-state index in [1.165, 1.54) is 38.9 Å². The predicted octanol–water partition coefficient (Wildman–Crippen LogP) is 0.872. The van der Waals surface area contributed by atoms with Crippen molar-refractivity contribution in [1.82, 2.24) is 25.0 Å². The third-order valence-corrected chi connectivity index (χ3v) is 4.04. The molecule has 1 aromatic rings. The van der Waals surface area contributed by atoms with Crippen molar-refractivity contribution in [1.29, 1.82) is 0 Å². The molecule has 0 bridgehead atoms. The number of nitrogens with one attached hydrogen (secondary N) is 1. The van der Waals surface area contributed by atoms with Gasteiger partial charge in [-0.25, -0.2) is 0 Å². The van der Waals surface area contributed by atoms with Gasteiger partial charge in [-0.1, -0.05) is 0 Å². The van der Waals surface area contributed by atoms with Crippen molar-refractivity contribution < 1.29 is 0 Å². The van der Waals surface area contributed by atoms with Crippen LogP contribution in [0, 0.1) is 5.92 Å². The molecule has 1 aromatic heterocycles. The summed E-state index contributed by atoms with van der Waals surface area (Å²) in [6.07, 6.45) is 5.92. The lowest BCUT2D eigenvalue weighted by molar-refractivity contribution is 0.301. The number of rotatable bonds is 6. The number of aryl methyl sites for hydroxylation is 1. The fourth-order valence-corrected chi connectivity index (χ4v) is 2.71. The van der Waals surface area contributed by atoms with E-state index in [4.69, 9.17) is 0 Å². The lowest BCUT2D eigenvalue weighted by Crippen LogP contribution is -2.28. The highest BCUT2D eigenvalue weighted by Crippen LogP contribution is 2.22. The number of hydrogen-bond donors (Lipinski definition) is 1. The van der Waals surface area contributed by atoms with Gasteiger partial charge in [-0.15, -0.1) is 10.2 Å². The quantitative estimate of drug-likeness (QED) is 0.812. The molecule has 0 amide bonds. The molecule has 1 aliphatic carbocycles. The van der Waals surface area contributed by atoms with Crippen molar-refractivity contribution in [2.45, 2.75) is 45.3 Å². The van der Waals surface area contributed by atoms with Gasteiger partial charge in [0.1, 0.15) is 12.2 Å². The largest absolute Gasteiger partial charge is 0.317 e. The maximum absolute atomic E-state index is 4.22. The van der Waals surface area contributed by atoms with Crippen LogP contribution < -0.4 is 5.32 Å². The molecule has 18 heavy (non-hydrogen) atoms. The number of aromatic nitrogens is 3. The number of likely N-dealkylation sites (tertiary alicyclic amines) is 1. The molecule has 5 nitrogen and oxygen atoms in total. The van der Waals surface area contributed by atoms with Crippen LogP contribution in [0.5, 0.6) is 0 Å². The Bertz CT molecular complexity index is 384. The maximum Gasteiger partial charge on any atom is 0.146 e. The lowest BCUT2D eigenvalue weighted by atomic mass is 10.1. The zero-order valence-corrected chi connectivity index (χ0v) is 11.2. The van der Waals surface area contributed by atoms with E-state index in [1.54, 1.807) is 0 Å². The molecule has 3 rings (SSSR count). The second-order valence-corrected chi connectivity index (χ2v) is 5.61. The molecule has 0 radical (unpaired) electrons. The van der Waals surface area contributed by atoms with Gasteiger partial charge in [0.05, 0.1) is 6.54 Å². The van der Waals surface area contributed by atoms with Gasteiger partial charge in [0.2, 0.25) is 0 Å². The molecular weight excluding hydrogens is 226 g/mol. The number of nitrogens with zero attached hydrogens (tertiary/aromatic N) is 4. The molecule has 2 fully saturated rings. The van der Waals surface area contributed by atoms with Crippen LogP contribution in [-0.4, -0.2) is 45.3 Å². The zero-order chi connectivity index (χ0) is 12.4. The summed E-state index contributed by atoms with van der Waals surface area (Å²) in [4.78, 5) is 2.51. The van der Waals surface area contributed by atoms with E-state index in [9.17, 15) is 0 Å². The number of hydrogen-bond acceptors (Lipinski definition) is 4. The molecule has 1 saturated carbocycles. The predicted molar refractivity (Wildman–Crippen MR) is 70.1 cm³/mol. The van der Waals surface area contributed by atoms with Crippen molar-refractivity contribution in [3.8, 4) is 0 Å². The summed E-state index contributed by atoms with van der Waals surface area (Å²) in [6, 6.07) is 0.835. The van der Waals surface area contributed by atoms with Gasteiger partial charge < -0.3 is 9.88 Å². The van der Waals surface area contributed by atoms with E-state index >= 15 is 0 Å². The van der Waals surface area contributed by atoms with Gasteiger partial charge in [0.25, 0.3) is 0 Å². The molecule has 1 atom stereocenters. The van der Waals surface area contributed by atoms with Gasteiger partial charge in [0, 0.05) is 19.1 Å². The first-order valence-electron chi connectivity index (χ1n) is 7.17. The highest BCUT2D eigenvalue weighted by atomic mass is 15.3. The minimum atomic E-state index is 0.823. The van der Waals surface area contributed by atoms with Gasteiger partial charge >= 0.3 is 0 Å². The van der Waals surface area contributed by atoms with E-state index in [0.717, 1.165) is 30.9 Å².